The number of halogens is 3. The van der Waals surface area contributed by atoms with Gasteiger partial charge in [0, 0.05) is 0 Å². The molecule has 1 aliphatic rings. The van der Waals surface area contributed by atoms with Crippen LogP contribution in [0, 0.1) is 23.4 Å². The van der Waals surface area contributed by atoms with E-state index in [2.05, 4.69) is 19.1 Å². The summed E-state index contributed by atoms with van der Waals surface area (Å²) in [6.45, 7) is 2.10. The minimum atomic E-state index is -1.37. The summed E-state index contributed by atoms with van der Waals surface area (Å²) in [4.78, 5) is 0. The second-order valence-electron chi connectivity index (χ2n) is 5.25. The Kier molecular flexibility index (Phi) is 4.67. The first kappa shape index (κ1) is 14.2. The van der Waals surface area contributed by atoms with Crippen molar-refractivity contribution in [2.45, 2.75) is 44.9 Å². The van der Waals surface area contributed by atoms with Gasteiger partial charge in [0.25, 0.3) is 0 Å². The van der Waals surface area contributed by atoms with Crippen LogP contribution in [0.1, 0.15) is 50.5 Å². The standard InChI is InChI=1S/C16H19F3/c1-2-3-4-11-5-7-12(8-6-11)13-9-14(17)16(19)15(18)10-13/h3-4,9-12H,2,5-8H2,1H3/b4-3+. The van der Waals surface area contributed by atoms with E-state index in [-0.39, 0.29) is 5.92 Å². The van der Waals surface area contributed by atoms with Crippen molar-refractivity contribution in [3.05, 3.63) is 47.3 Å². The lowest BCUT2D eigenvalue weighted by molar-refractivity contribution is 0.371. The molecule has 0 aromatic heterocycles. The highest BCUT2D eigenvalue weighted by molar-refractivity contribution is 5.23. The number of rotatable bonds is 3. The van der Waals surface area contributed by atoms with Crippen LogP contribution >= 0.6 is 0 Å². The van der Waals surface area contributed by atoms with Crippen LogP contribution in [-0.2, 0) is 0 Å². The largest absolute Gasteiger partial charge is 0.204 e. The molecule has 0 atom stereocenters. The van der Waals surface area contributed by atoms with E-state index in [9.17, 15) is 13.2 Å². The molecule has 1 aromatic rings. The van der Waals surface area contributed by atoms with E-state index < -0.39 is 17.5 Å². The van der Waals surface area contributed by atoms with Gasteiger partial charge in [-0.2, -0.15) is 0 Å². The van der Waals surface area contributed by atoms with Crippen LogP contribution in [-0.4, -0.2) is 0 Å². The maximum absolute atomic E-state index is 13.2. The zero-order valence-corrected chi connectivity index (χ0v) is 11.1. The molecule has 0 aliphatic heterocycles. The average molecular weight is 268 g/mol. The predicted octanol–water partition coefficient (Wildman–Crippen LogP) is 5.34. The lowest BCUT2D eigenvalue weighted by atomic mass is 9.78. The molecule has 0 bridgehead atoms. The maximum atomic E-state index is 13.2. The number of allylic oxidation sites excluding steroid dienone is 2. The van der Waals surface area contributed by atoms with Crippen LogP contribution in [0.2, 0.25) is 0 Å². The van der Waals surface area contributed by atoms with Gasteiger partial charge in [-0.1, -0.05) is 19.1 Å². The average Bonchev–Trinajstić information content (AvgIpc) is 2.42. The van der Waals surface area contributed by atoms with Crippen LogP contribution in [0.15, 0.2) is 24.3 Å². The topological polar surface area (TPSA) is 0 Å². The van der Waals surface area contributed by atoms with Crippen LogP contribution in [0.4, 0.5) is 13.2 Å². The van der Waals surface area contributed by atoms with Crippen molar-refractivity contribution in [2.24, 2.45) is 5.92 Å². The van der Waals surface area contributed by atoms with Crippen LogP contribution < -0.4 is 0 Å². The summed E-state index contributed by atoms with van der Waals surface area (Å²) < 4.78 is 39.3. The SMILES string of the molecule is CC/C=C/C1CCC(c2cc(F)c(F)c(F)c2)CC1. The van der Waals surface area contributed by atoms with E-state index in [4.69, 9.17) is 0 Å². The summed E-state index contributed by atoms with van der Waals surface area (Å²) >= 11 is 0. The molecule has 1 aromatic carbocycles. The zero-order valence-electron chi connectivity index (χ0n) is 11.1. The molecule has 1 saturated carbocycles. The lowest BCUT2D eigenvalue weighted by Crippen LogP contribution is -2.12. The second-order valence-corrected chi connectivity index (χ2v) is 5.25. The van der Waals surface area contributed by atoms with Gasteiger partial charge in [-0.15, -0.1) is 0 Å². The molecule has 0 radical (unpaired) electrons. The van der Waals surface area contributed by atoms with Crippen molar-refractivity contribution >= 4 is 0 Å². The Morgan fingerprint density at radius 2 is 1.63 bits per heavy atom. The fourth-order valence-electron chi connectivity index (χ4n) is 2.78. The van der Waals surface area contributed by atoms with Crippen molar-refractivity contribution in [1.82, 2.24) is 0 Å². The van der Waals surface area contributed by atoms with Gasteiger partial charge >= 0.3 is 0 Å². The van der Waals surface area contributed by atoms with Gasteiger partial charge in [-0.25, -0.2) is 13.2 Å². The van der Waals surface area contributed by atoms with Gasteiger partial charge in [-0.05, 0) is 61.6 Å². The Hall–Kier alpha value is -1.25. The molecule has 0 heterocycles. The quantitative estimate of drug-likeness (QED) is 0.512. The Balaban J connectivity index is 2.03. The molecule has 0 spiro atoms. The fraction of sp³-hybridized carbons (Fsp3) is 0.500. The maximum Gasteiger partial charge on any atom is 0.194 e. The molecule has 0 unspecified atom stereocenters. The van der Waals surface area contributed by atoms with E-state index in [0.29, 0.717) is 11.5 Å². The van der Waals surface area contributed by atoms with E-state index in [1.807, 2.05) is 0 Å². The van der Waals surface area contributed by atoms with Crippen LogP contribution in [0.25, 0.3) is 0 Å². The van der Waals surface area contributed by atoms with Gasteiger partial charge < -0.3 is 0 Å². The van der Waals surface area contributed by atoms with Crippen molar-refractivity contribution in [1.29, 1.82) is 0 Å². The van der Waals surface area contributed by atoms with Crippen LogP contribution in [0.3, 0.4) is 0 Å². The third-order valence-electron chi connectivity index (χ3n) is 3.89. The molecule has 19 heavy (non-hydrogen) atoms. The highest BCUT2D eigenvalue weighted by atomic mass is 19.2. The van der Waals surface area contributed by atoms with Crippen molar-refractivity contribution in [3.63, 3.8) is 0 Å². The van der Waals surface area contributed by atoms with Gasteiger partial charge in [0.1, 0.15) is 0 Å². The van der Waals surface area contributed by atoms with Gasteiger partial charge in [0.15, 0.2) is 17.5 Å². The van der Waals surface area contributed by atoms with Crippen molar-refractivity contribution in [2.75, 3.05) is 0 Å². The first-order valence-electron chi connectivity index (χ1n) is 6.93. The van der Waals surface area contributed by atoms with Crippen molar-refractivity contribution in [3.8, 4) is 0 Å². The predicted molar refractivity (Wildman–Crippen MR) is 70.4 cm³/mol. The summed E-state index contributed by atoms with van der Waals surface area (Å²) in [5.74, 6) is -2.81. The molecule has 0 saturated heterocycles. The van der Waals surface area contributed by atoms with E-state index in [1.165, 1.54) is 0 Å². The minimum absolute atomic E-state index is 0.149. The third kappa shape index (κ3) is 3.40. The Morgan fingerprint density at radius 1 is 1.05 bits per heavy atom. The summed E-state index contributed by atoms with van der Waals surface area (Å²) in [6.07, 6.45) is 9.31. The van der Waals surface area contributed by atoms with Gasteiger partial charge in [-0.3, -0.25) is 0 Å². The van der Waals surface area contributed by atoms with Gasteiger partial charge in [0.2, 0.25) is 0 Å². The summed E-state index contributed by atoms with van der Waals surface area (Å²) in [7, 11) is 0. The first-order chi connectivity index (χ1) is 9.11. The molecule has 1 fully saturated rings. The summed E-state index contributed by atoms with van der Waals surface area (Å²) in [5, 5.41) is 0. The molecule has 1 aliphatic carbocycles. The highest BCUT2D eigenvalue weighted by Crippen LogP contribution is 2.37. The summed E-state index contributed by atoms with van der Waals surface area (Å²) in [5.41, 5.74) is 0.592. The Bertz CT molecular complexity index is 434. The minimum Gasteiger partial charge on any atom is -0.204 e. The number of hydrogen-bond donors (Lipinski definition) is 0. The molecular weight excluding hydrogens is 249 g/mol. The monoisotopic (exact) mass is 268 g/mol. The zero-order chi connectivity index (χ0) is 13.8. The fourth-order valence-corrected chi connectivity index (χ4v) is 2.78. The molecule has 2 rings (SSSR count). The number of hydrogen-bond acceptors (Lipinski definition) is 0. The normalized spacial score (nSPS) is 24.0. The smallest absolute Gasteiger partial charge is 0.194 e. The Labute approximate surface area is 112 Å². The molecule has 104 valence electrons. The van der Waals surface area contributed by atoms with Crippen LogP contribution in [0.5, 0.6) is 0 Å². The molecular formula is C16H19F3. The molecule has 0 nitrogen and oxygen atoms in total. The lowest BCUT2D eigenvalue weighted by Gasteiger charge is -2.27. The Morgan fingerprint density at radius 3 is 2.16 bits per heavy atom. The second kappa shape index (κ2) is 6.27. The highest BCUT2D eigenvalue weighted by Gasteiger charge is 2.23. The first-order valence-corrected chi connectivity index (χ1v) is 6.93. The molecule has 0 N–H and O–H groups in total. The van der Waals surface area contributed by atoms with Gasteiger partial charge in [0.05, 0.1) is 0 Å². The van der Waals surface area contributed by atoms with Crippen molar-refractivity contribution < 1.29 is 13.2 Å². The van der Waals surface area contributed by atoms with E-state index in [1.54, 1.807) is 0 Å². The third-order valence-corrected chi connectivity index (χ3v) is 3.89. The molecule has 0 amide bonds. The number of benzene rings is 1. The van der Waals surface area contributed by atoms with E-state index >= 15 is 0 Å². The molecule has 3 heteroatoms. The summed E-state index contributed by atoms with van der Waals surface area (Å²) in [6, 6.07) is 2.29. The van der Waals surface area contributed by atoms with E-state index in [0.717, 1.165) is 44.2 Å².